The van der Waals surface area contributed by atoms with Crippen molar-refractivity contribution in [3.8, 4) is 0 Å². The van der Waals surface area contributed by atoms with E-state index < -0.39 is 28.5 Å². The zero-order valence-corrected chi connectivity index (χ0v) is 14.5. The third-order valence-corrected chi connectivity index (χ3v) is 5.46. The van der Waals surface area contributed by atoms with Crippen LogP contribution in [-0.2, 0) is 4.79 Å². The maximum absolute atomic E-state index is 13.7. The maximum Gasteiger partial charge on any atom is 0.237 e. The van der Waals surface area contributed by atoms with Gasteiger partial charge in [-0.05, 0) is 44.7 Å². The highest BCUT2D eigenvalue weighted by atomic mass is 32.2. The van der Waals surface area contributed by atoms with Gasteiger partial charge in [0.05, 0.1) is 5.25 Å². The lowest BCUT2D eigenvalue weighted by atomic mass is 10.3. The number of aromatic nitrogens is 3. The number of nitrogens with one attached hydrogen (secondary N) is 1. The van der Waals surface area contributed by atoms with Crippen LogP contribution in [0.2, 0.25) is 0 Å². The molecule has 0 bridgehead atoms. The average molecular weight is 364 g/mol. The zero-order chi connectivity index (χ0) is 17.6. The van der Waals surface area contributed by atoms with Crippen LogP contribution in [0.15, 0.2) is 23.4 Å². The van der Waals surface area contributed by atoms with Crippen LogP contribution < -0.4 is 5.32 Å². The summed E-state index contributed by atoms with van der Waals surface area (Å²) < 4.78 is 29.5. The number of carbonyl (C=O) groups excluding carboxylic acids is 1. The van der Waals surface area contributed by atoms with Crippen molar-refractivity contribution in [2.24, 2.45) is 0 Å². The van der Waals surface area contributed by atoms with Crippen molar-refractivity contribution in [3.63, 3.8) is 0 Å². The van der Waals surface area contributed by atoms with Gasteiger partial charge in [-0.15, -0.1) is 10.2 Å². The van der Waals surface area contributed by atoms with Crippen LogP contribution in [0.5, 0.6) is 0 Å². The molecule has 1 heterocycles. The second kappa shape index (κ2) is 6.40. The number of para-hydroxylation sites is 1. The molecule has 1 aromatic heterocycles. The van der Waals surface area contributed by atoms with Gasteiger partial charge in [0.1, 0.15) is 23.1 Å². The van der Waals surface area contributed by atoms with E-state index in [0.717, 1.165) is 43.6 Å². The molecule has 8 heteroatoms. The Kier molecular flexibility index (Phi) is 4.23. The molecule has 0 aliphatic heterocycles. The van der Waals surface area contributed by atoms with Gasteiger partial charge in [-0.25, -0.2) is 8.78 Å². The molecule has 1 N–H and O–H groups in total. The highest BCUT2D eigenvalue weighted by Crippen LogP contribution is 2.46. The third kappa shape index (κ3) is 3.40. The van der Waals surface area contributed by atoms with E-state index in [2.05, 4.69) is 20.1 Å². The molecular weight excluding hydrogens is 346 g/mol. The first-order valence-corrected chi connectivity index (χ1v) is 9.29. The van der Waals surface area contributed by atoms with Gasteiger partial charge in [0.15, 0.2) is 5.16 Å². The SMILES string of the molecule is C[C@H](Sc1nnc(C2CC2)n1C1CC1)C(=O)Nc1c(F)cccc1F. The van der Waals surface area contributed by atoms with Crippen molar-refractivity contribution < 1.29 is 13.6 Å². The number of benzene rings is 1. The van der Waals surface area contributed by atoms with Crippen molar-refractivity contribution in [1.29, 1.82) is 0 Å². The summed E-state index contributed by atoms with van der Waals surface area (Å²) in [5, 5.41) is 11.1. The predicted octanol–water partition coefficient (Wildman–Crippen LogP) is 3.89. The number of rotatable bonds is 6. The number of anilines is 1. The van der Waals surface area contributed by atoms with Crippen LogP contribution in [0, 0.1) is 11.6 Å². The summed E-state index contributed by atoms with van der Waals surface area (Å²) in [4.78, 5) is 12.3. The van der Waals surface area contributed by atoms with Crippen molar-refractivity contribution >= 4 is 23.4 Å². The summed E-state index contributed by atoms with van der Waals surface area (Å²) in [6.45, 7) is 1.70. The fourth-order valence-electron chi connectivity index (χ4n) is 2.72. The fourth-order valence-corrected chi connectivity index (χ4v) is 3.64. The molecule has 4 rings (SSSR count). The van der Waals surface area contributed by atoms with Crippen LogP contribution in [0.4, 0.5) is 14.5 Å². The molecule has 0 unspecified atom stereocenters. The van der Waals surface area contributed by atoms with E-state index in [9.17, 15) is 13.6 Å². The lowest BCUT2D eigenvalue weighted by Crippen LogP contribution is -2.24. The topological polar surface area (TPSA) is 59.8 Å². The van der Waals surface area contributed by atoms with Crippen LogP contribution in [0.3, 0.4) is 0 Å². The number of thioether (sulfide) groups is 1. The van der Waals surface area contributed by atoms with Crippen LogP contribution >= 0.6 is 11.8 Å². The standard InChI is InChI=1S/C17H18F2N4OS/c1-9(16(24)20-14-12(18)3-2-4-13(14)19)25-17-22-21-15(10-5-6-10)23(17)11-7-8-11/h2-4,9-11H,5-8H2,1H3,(H,20,24)/t9-/m0/s1. The number of carbonyl (C=O) groups is 1. The largest absolute Gasteiger partial charge is 0.320 e. The second-order valence-electron chi connectivity index (χ2n) is 6.56. The maximum atomic E-state index is 13.7. The normalized spacial score (nSPS) is 18.2. The summed E-state index contributed by atoms with van der Waals surface area (Å²) in [5.74, 6) is -0.547. The predicted molar refractivity (Wildman–Crippen MR) is 90.6 cm³/mol. The molecule has 0 saturated heterocycles. The number of hydrogen-bond donors (Lipinski definition) is 1. The molecule has 1 amide bonds. The van der Waals surface area contributed by atoms with Crippen molar-refractivity contribution in [2.75, 3.05) is 5.32 Å². The van der Waals surface area contributed by atoms with Gasteiger partial charge in [-0.1, -0.05) is 17.8 Å². The Hall–Kier alpha value is -1.96. The zero-order valence-electron chi connectivity index (χ0n) is 13.7. The molecule has 2 aromatic rings. The number of halogens is 2. The minimum Gasteiger partial charge on any atom is -0.320 e. The van der Waals surface area contributed by atoms with E-state index in [0.29, 0.717) is 17.1 Å². The van der Waals surface area contributed by atoms with Gasteiger partial charge in [-0.3, -0.25) is 4.79 Å². The van der Waals surface area contributed by atoms with E-state index >= 15 is 0 Å². The first-order valence-electron chi connectivity index (χ1n) is 8.41. The fraction of sp³-hybridized carbons (Fsp3) is 0.471. The van der Waals surface area contributed by atoms with E-state index in [1.54, 1.807) is 6.92 Å². The van der Waals surface area contributed by atoms with Crippen LogP contribution in [0.1, 0.15) is 50.4 Å². The summed E-state index contributed by atoms with van der Waals surface area (Å²) >= 11 is 1.28. The molecule has 0 radical (unpaired) electrons. The molecular formula is C17H18F2N4OS. The molecule has 2 fully saturated rings. The Morgan fingerprint density at radius 2 is 1.92 bits per heavy atom. The summed E-state index contributed by atoms with van der Waals surface area (Å²) in [6, 6.07) is 3.91. The van der Waals surface area contributed by atoms with E-state index in [1.165, 1.54) is 17.8 Å². The van der Waals surface area contributed by atoms with Gasteiger partial charge in [0, 0.05) is 12.0 Å². The van der Waals surface area contributed by atoms with Gasteiger partial charge in [0.2, 0.25) is 5.91 Å². The lowest BCUT2D eigenvalue weighted by Gasteiger charge is -2.14. The van der Waals surface area contributed by atoms with E-state index in [4.69, 9.17) is 0 Å². The second-order valence-corrected chi connectivity index (χ2v) is 7.87. The third-order valence-electron chi connectivity index (χ3n) is 4.41. The van der Waals surface area contributed by atoms with Crippen molar-refractivity contribution in [2.45, 2.75) is 55.0 Å². The Balaban J connectivity index is 1.48. The van der Waals surface area contributed by atoms with E-state index in [1.807, 2.05) is 0 Å². The van der Waals surface area contributed by atoms with Crippen molar-refractivity contribution in [3.05, 3.63) is 35.7 Å². The summed E-state index contributed by atoms with van der Waals surface area (Å²) in [6.07, 6.45) is 4.48. The van der Waals surface area contributed by atoms with Crippen molar-refractivity contribution in [1.82, 2.24) is 14.8 Å². The molecule has 2 saturated carbocycles. The molecule has 5 nitrogen and oxygen atoms in total. The molecule has 1 atom stereocenters. The quantitative estimate of drug-likeness (QED) is 0.790. The van der Waals surface area contributed by atoms with Gasteiger partial charge < -0.3 is 9.88 Å². The monoisotopic (exact) mass is 364 g/mol. The Bertz CT molecular complexity index is 797. The van der Waals surface area contributed by atoms with Gasteiger partial charge in [0.25, 0.3) is 0 Å². The molecule has 25 heavy (non-hydrogen) atoms. The molecule has 1 aromatic carbocycles. The Morgan fingerprint density at radius 3 is 2.52 bits per heavy atom. The minimum atomic E-state index is -0.789. The first kappa shape index (κ1) is 16.5. The molecule has 132 valence electrons. The molecule has 2 aliphatic rings. The smallest absolute Gasteiger partial charge is 0.237 e. The number of nitrogens with zero attached hydrogens (tertiary/aromatic N) is 3. The van der Waals surface area contributed by atoms with Crippen LogP contribution in [-0.4, -0.2) is 25.9 Å². The minimum absolute atomic E-state index is 0.415. The average Bonchev–Trinajstić information content (AvgIpc) is 3.50. The van der Waals surface area contributed by atoms with Gasteiger partial charge >= 0.3 is 0 Å². The molecule has 2 aliphatic carbocycles. The highest BCUT2D eigenvalue weighted by molar-refractivity contribution is 8.00. The highest BCUT2D eigenvalue weighted by Gasteiger charge is 2.37. The first-order chi connectivity index (χ1) is 12.0. The Labute approximate surface area is 148 Å². The summed E-state index contributed by atoms with van der Waals surface area (Å²) in [5.41, 5.74) is -0.415. The number of amides is 1. The number of hydrogen-bond acceptors (Lipinski definition) is 4. The lowest BCUT2D eigenvalue weighted by molar-refractivity contribution is -0.115. The Morgan fingerprint density at radius 1 is 1.24 bits per heavy atom. The van der Waals surface area contributed by atoms with Crippen LogP contribution in [0.25, 0.3) is 0 Å². The van der Waals surface area contributed by atoms with E-state index in [-0.39, 0.29) is 0 Å². The molecule has 0 spiro atoms. The summed E-state index contributed by atoms with van der Waals surface area (Å²) in [7, 11) is 0. The van der Waals surface area contributed by atoms with Gasteiger partial charge in [-0.2, -0.15) is 0 Å².